The minimum Gasteiger partial charge on any atom is -0.406 e. The highest BCUT2D eigenvalue weighted by molar-refractivity contribution is 7.89. The lowest BCUT2D eigenvalue weighted by Crippen LogP contribution is -2.37. The number of hydrogen-bond donors (Lipinski definition) is 1. The molecule has 0 saturated carbocycles. The van der Waals surface area contributed by atoms with Gasteiger partial charge in [-0.15, -0.1) is 13.2 Å². The molecule has 1 atom stereocenters. The number of pyridine rings is 1. The van der Waals surface area contributed by atoms with E-state index in [-0.39, 0.29) is 10.9 Å². The lowest BCUT2D eigenvalue weighted by Gasteiger charge is -2.18. The molecule has 10 heteroatoms. The van der Waals surface area contributed by atoms with Gasteiger partial charge in [0.1, 0.15) is 11.6 Å². The Morgan fingerprint density at radius 1 is 1.15 bits per heavy atom. The molecular formula is C16H16F3N3O3S. The second-order valence-electron chi connectivity index (χ2n) is 5.76. The predicted octanol–water partition coefficient (Wildman–Crippen LogP) is 2.54. The molecule has 1 unspecified atom stereocenters. The number of anilines is 1. The van der Waals surface area contributed by atoms with E-state index in [0.29, 0.717) is 19.5 Å². The van der Waals surface area contributed by atoms with Crippen LogP contribution < -0.4 is 14.4 Å². The standard InChI is InChI=1S/C16H16F3N3O3S/c17-16(18,19)25-13-4-6-14(7-5-13)26(23,24)21-12-8-10-22(11-12)15-3-1-2-9-20-15/h1-7,9,12,21H,8,10-11H2. The van der Waals surface area contributed by atoms with E-state index in [0.717, 1.165) is 30.1 Å². The summed E-state index contributed by atoms with van der Waals surface area (Å²) in [5.74, 6) is 0.293. The summed E-state index contributed by atoms with van der Waals surface area (Å²) in [5, 5.41) is 0. The van der Waals surface area contributed by atoms with Gasteiger partial charge in [0.05, 0.1) is 4.90 Å². The topological polar surface area (TPSA) is 71.5 Å². The van der Waals surface area contributed by atoms with Crippen LogP contribution >= 0.6 is 0 Å². The molecule has 0 bridgehead atoms. The molecule has 2 heterocycles. The third kappa shape index (κ3) is 4.64. The summed E-state index contributed by atoms with van der Waals surface area (Å²) in [6.07, 6.45) is -2.56. The van der Waals surface area contributed by atoms with E-state index in [1.165, 1.54) is 0 Å². The molecule has 1 aromatic heterocycles. The fourth-order valence-corrected chi connectivity index (χ4v) is 3.97. The van der Waals surface area contributed by atoms with Crippen LogP contribution in [0.1, 0.15) is 6.42 Å². The third-order valence-electron chi connectivity index (χ3n) is 3.85. The number of aromatic nitrogens is 1. The van der Waals surface area contributed by atoms with Gasteiger partial charge < -0.3 is 9.64 Å². The van der Waals surface area contributed by atoms with Crippen molar-refractivity contribution in [1.29, 1.82) is 0 Å². The van der Waals surface area contributed by atoms with Gasteiger partial charge in [-0.3, -0.25) is 0 Å². The average Bonchev–Trinajstić information content (AvgIpc) is 3.02. The van der Waals surface area contributed by atoms with Crippen molar-refractivity contribution in [2.75, 3.05) is 18.0 Å². The first kappa shape index (κ1) is 18.5. The summed E-state index contributed by atoms with van der Waals surface area (Å²) in [6, 6.07) is 9.28. The molecule has 0 radical (unpaired) electrons. The van der Waals surface area contributed by atoms with Gasteiger partial charge in [0.2, 0.25) is 10.0 Å². The van der Waals surface area contributed by atoms with Gasteiger partial charge in [0.15, 0.2) is 0 Å². The van der Waals surface area contributed by atoms with Crippen molar-refractivity contribution in [2.45, 2.75) is 23.7 Å². The maximum atomic E-state index is 12.4. The second kappa shape index (κ2) is 7.12. The summed E-state index contributed by atoms with van der Waals surface area (Å²) < 4.78 is 67.6. The first-order chi connectivity index (χ1) is 12.2. The van der Waals surface area contributed by atoms with Crippen molar-refractivity contribution >= 4 is 15.8 Å². The van der Waals surface area contributed by atoms with E-state index in [4.69, 9.17) is 0 Å². The number of halogens is 3. The van der Waals surface area contributed by atoms with Gasteiger partial charge in [-0.25, -0.2) is 18.1 Å². The van der Waals surface area contributed by atoms with Gasteiger partial charge in [-0.05, 0) is 42.8 Å². The summed E-state index contributed by atoms with van der Waals surface area (Å²) in [5.41, 5.74) is 0. The Balaban J connectivity index is 1.64. The first-order valence-corrected chi connectivity index (χ1v) is 9.25. The second-order valence-corrected chi connectivity index (χ2v) is 7.47. The Kier molecular flexibility index (Phi) is 5.05. The van der Waals surface area contributed by atoms with Gasteiger partial charge in [0, 0.05) is 25.3 Å². The Hall–Kier alpha value is -2.33. The normalized spacial score (nSPS) is 18.1. The highest BCUT2D eigenvalue weighted by atomic mass is 32.2. The van der Waals surface area contributed by atoms with Crippen molar-refractivity contribution in [3.8, 4) is 5.75 Å². The van der Waals surface area contributed by atoms with E-state index < -0.39 is 22.1 Å². The number of benzene rings is 1. The zero-order valence-corrected chi connectivity index (χ0v) is 14.3. The van der Waals surface area contributed by atoms with Crippen LogP contribution in [0.2, 0.25) is 0 Å². The highest BCUT2D eigenvalue weighted by Crippen LogP contribution is 2.24. The number of rotatable bonds is 5. The molecule has 140 valence electrons. The van der Waals surface area contributed by atoms with Gasteiger partial charge >= 0.3 is 6.36 Å². The van der Waals surface area contributed by atoms with E-state index in [2.05, 4.69) is 14.4 Å². The molecule has 6 nitrogen and oxygen atoms in total. The van der Waals surface area contributed by atoms with Crippen molar-refractivity contribution in [3.63, 3.8) is 0 Å². The fraction of sp³-hybridized carbons (Fsp3) is 0.312. The van der Waals surface area contributed by atoms with Crippen LogP contribution in [0.5, 0.6) is 5.75 Å². The van der Waals surface area contributed by atoms with E-state index >= 15 is 0 Å². The van der Waals surface area contributed by atoms with Gasteiger partial charge in [-0.2, -0.15) is 0 Å². The Labute approximate surface area is 148 Å². The Bertz CT molecular complexity index is 843. The van der Waals surface area contributed by atoms with Crippen LogP contribution in [0.25, 0.3) is 0 Å². The van der Waals surface area contributed by atoms with Crippen LogP contribution in [-0.2, 0) is 10.0 Å². The van der Waals surface area contributed by atoms with E-state index in [1.54, 1.807) is 12.3 Å². The Morgan fingerprint density at radius 2 is 1.88 bits per heavy atom. The van der Waals surface area contributed by atoms with Crippen LogP contribution in [0.3, 0.4) is 0 Å². The maximum absolute atomic E-state index is 12.4. The van der Waals surface area contributed by atoms with Gasteiger partial charge in [0.25, 0.3) is 0 Å². The molecule has 1 N–H and O–H groups in total. The summed E-state index contributed by atoms with van der Waals surface area (Å²) in [6.45, 7) is 1.12. The average molecular weight is 387 g/mol. The number of nitrogens with zero attached hydrogens (tertiary/aromatic N) is 2. The molecule has 1 aromatic carbocycles. The molecule has 0 aliphatic carbocycles. The molecule has 1 fully saturated rings. The molecule has 2 aromatic rings. The maximum Gasteiger partial charge on any atom is 0.573 e. The molecule has 1 aliphatic heterocycles. The molecule has 0 amide bonds. The van der Waals surface area contributed by atoms with Crippen LogP contribution in [0.4, 0.5) is 19.0 Å². The quantitative estimate of drug-likeness (QED) is 0.854. The molecular weight excluding hydrogens is 371 g/mol. The number of ether oxygens (including phenoxy) is 1. The van der Waals surface area contributed by atoms with Crippen molar-refractivity contribution in [2.24, 2.45) is 0 Å². The zero-order valence-electron chi connectivity index (χ0n) is 13.5. The number of hydrogen-bond acceptors (Lipinski definition) is 5. The SMILES string of the molecule is O=S(=O)(NC1CCN(c2ccccn2)C1)c1ccc(OC(F)(F)F)cc1. The number of alkyl halides is 3. The third-order valence-corrected chi connectivity index (χ3v) is 5.39. The number of nitrogens with one attached hydrogen (secondary N) is 1. The fourth-order valence-electron chi connectivity index (χ4n) is 2.71. The van der Waals surface area contributed by atoms with Crippen molar-refractivity contribution < 1.29 is 26.3 Å². The minimum absolute atomic E-state index is 0.122. The molecule has 1 aliphatic rings. The summed E-state index contributed by atoms with van der Waals surface area (Å²) in [7, 11) is -3.84. The van der Waals surface area contributed by atoms with Gasteiger partial charge in [-0.1, -0.05) is 6.07 Å². The van der Waals surface area contributed by atoms with E-state index in [1.807, 2.05) is 17.0 Å². The zero-order chi connectivity index (χ0) is 18.8. The number of sulfonamides is 1. The smallest absolute Gasteiger partial charge is 0.406 e. The van der Waals surface area contributed by atoms with Crippen LogP contribution in [-0.4, -0.2) is 38.9 Å². The lowest BCUT2D eigenvalue weighted by molar-refractivity contribution is -0.274. The van der Waals surface area contributed by atoms with E-state index in [9.17, 15) is 21.6 Å². The van der Waals surface area contributed by atoms with Crippen molar-refractivity contribution in [3.05, 3.63) is 48.7 Å². The molecule has 3 rings (SSSR count). The van der Waals surface area contributed by atoms with Crippen LogP contribution in [0, 0.1) is 0 Å². The molecule has 0 spiro atoms. The van der Waals surface area contributed by atoms with Crippen LogP contribution in [0.15, 0.2) is 53.6 Å². The predicted molar refractivity (Wildman–Crippen MR) is 88.3 cm³/mol. The highest BCUT2D eigenvalue weighted by Gasteiger charge is 2.31. The Morgan fingerprint density at radius 3 is 2.50 bits per heavy atom. The minimum atomic E-state index is -4.82. The molecule has 1 saturated heterocycles. The monoisotopic (exact) mass is 387 g/mol. The lowest BCUT2D eigenvalue weighted by atomic mass is 10.3. The summed E-state index contributed by atoms with van der Waals surface area (Å²) in [4.78, 5) is 6.08. The van der Waals surface area contributed by atoms with Crippen molar-refractivity contribution in [1.82, 2.24) is 9.71 Å². The first-order valence-electron chi connectivity index (χ1n) is 7.77. The largest absolute Gasteiger partial charge is 0.573 e. The molecule has 26 heavy (non-hydrogen) atoms. The summed E-state index contributed by atoms with van der Waals surface area (Å²) >= 11 is 0.